The van der Waals surface area contributed by atoms with Crippen molar-refractivity contribution >= 4 is 11.6 Å². The van der Waals surface area contributed by atoms with Gasteiger partial charge in [-0.05, 0) is 35.2 Å². The SMILES string of the molecule is CC(C)(C)c1ccc(NC(=O)CCc2nnc(-c3ccccc3F)o2)cc1. The molecule has 3 rings (SSSR count). The van der Waals surface area contributed by atoms with Crippen molar-refractivity contribution in [3.8, 4) is 11.5 Å². The fourth-order valence-electron chi connectivity index (χ4n) is 2.60. The van der Waals surface area contributed by atoms with Crippen molar-refractivity contribution in [3.05, 3.63) is 65.8 Å². The third-order valence-electron chi connectivity index (χ3n) is 4.17. The summed E-state index contributed by atoms with van der Waals surface area (Å²) in [6.07, 6.45) is 0.479. The minimum atomic E-state index is -0.427. The summed E-state index contributed by atoms with van der Waals surface area (Å²) in [5, 5.41) is 10.6. The lowest BCUT2D eigenvalue weighted by Gasteiger charge is -2.19. The molecule has 3 aromatic rings. The van der Waals surface area contributed by atoms with Crippen LogP contribution in [0.15, 0.2) is 52.9 Å². The van der Waals surface area contributed by atoms with E-state index in [1.807, 2.05) is 24.3 Å². The number of aryl methyl sites for hydroxylation is 1. The Bertz CT molecular complexity index is 927. The molecule has 0 saturated carbocycles. The molecule has 0 fully saturated rings. The number of hydrogen-bond acceptors (Lipinski definition) is 4. The number of carbonyl (C=O) groups excluding carboxylic acids is 1. The van der Waals surface area contributed by atoms with E-state index in [1.165, 1.54) is 11.6 Å². The van der Waals surface area contributed by atoms with Gasteiger partial charge in [-0.2, -0.15) is 0 Å². The van der Waals surface area contributed by atoms with Gasteiger partial charge in [0, 0.05) is 18.5 Å². The summed E-state index contributed by atoms with van der Waals surface area (Å²) in [5.74, 6) is -0.166. The molecule has 1 amide bonds. The molecule has 0 aliphatic rings. The van der Waals surface area contributed by atoms with Gasteiger partial charge in [0.25, 0.3) is 5.89 Å². The molecule has 0 aliphatic carbocycles. The highest BCUT2D eigenvalue weighted by Crippen LogP contribution is 2.24. The zero-order chi connectivity index (χ0) is 19.4. The van der Waals surface area contributed by atoms with E-state index in [1.54, 1.807) is 18.2 Å². The van der Waals surface area contributed by atoms with Crippen LogP contribution >= 0.6 is 0 Å². The van der Waals surface area contributed by atoms with Crippen LogP contribution < -0.4 is 5.32 Å². The number of benzene rings is 2. The van der Waals surface area contributed by atoms with E-state index >= 15 is 0 Å². The highest BCUT2D eigenvalue weighted by atomic mass is 19.1. The number of nitrogens with zero attached hydrogens (tertiary/aromatic N) is 2. The lowest BCUT2D eigenvalue weighted by Crippen LogP contribution is -2.14. The highest BCUT2D eigenvalue weighted by Gasteiger charge is 2.15. The predicted octanol–water partition coefficient (Wildman–Crippen LogP) is 4.74. The molecule has 5 nitrogen and oxygen atoms in total. The molecule has 27 heavy (non-hydrogen) atoms. The number of nitrogens with one attached hydrogen (secondary N) is 1. The number of halogens is 1. The number of hydrogen-bond donors (Lipinski definition) is 1. The molecule has 1 aromatic heterocycles. The van der Waals surface area contributed by atoms with E-state index in [9.17, 15) is 9.18 Å². The summed E-state index contributed by atoms with van der Waals surface area (Å²) in [6.45, 7) is 6.42. The second kappa shape index (κ2) is 7.70. The fraction of sp³-hybridized carbons (Fsp3) is 0.286. The van der Waals surface area contributed by atoms with Crippen molar-refractivity contribution in [1.82, 2.24) is 10.2 Å². The zero-order valence-corrected chi connectivity index (χ0v) is 15.6. The van der Waals surface area contributed by atoms with Crippen LogP contribution in [-0.4, -0.2) is 16.1 Å². The van der Waals surface area contributed by atoms with Gasteiger partial charge in [-0.1, -0.05) is 45.0 Å². The fourth-order valence-corrected chi connectivity index (χ4v) is 2.60. The van der Waals surface area contributed by atoms with Crippen LogP contribution in [0, 0.1) is 5.82 Å². The molecule has 0 aliphatic heterocycles. The van der Waals surface area contributed by atoms with E-state index in [4.69, 9.17) is 4.42 Å². The number of carbonyl (C=O) groups is 1. The van der Waals surface area contributed by atoms with Crippen molar-refractivity contribution in [3.63, 3.8) is 0 Å². The molecular formula is C21H22FN3O2. The lowest BCUT2D eigenvalue weighted by atomic mass is 9.87. The Hall–Kier alpha value is -3.02. The maximum atomic E-state index is 13.8. The van der Waals surface area contributed by atoms with Crippen molar-refractivity contribution in [2.45, 2.75) is 39.0 Å². The second-order valence-corrected chi connectivity index (χ2v) is 7.36. The van der Waals surface area contributed by atoms with Gasteiger partial charge in [0.2, 0.25) is 11.8 Å². The first-order valence-corrected chi connectivity index (χ1v) is 8.80. The average Bonchev–Trinajstić information content (AvgIpc) is 3.09. The average molecular weight is 367 g/mol. The first-order chi connectivity index (χ1) is 12.8. The van der Waals surface area contributed by atoms with Gasteiger partial charge in [-0.3, -0.25) is 4.79 Å². The third kappa shape index (κ3) is 4.78. The Labute approximate surface area is 157 Å². The van der Waals surface area contributed by atoms with Crippen LogP contribution in [0.4, 0.5) is 10.1 Å². The number of aromatic nitrogens is 2. The summed E-state index contributed by atoms with van der Waals surface area (Å²) < 4.78 is 19.2. The first kappa shape index (κ1) is 18.8. The van der Waals surface area contributed by atoms with Gasteiger partial charge in [-0.15, -0.1) is 10.2 Å². The van der Waals surface area contributed by atoms with Gasteiger partial charge >= 0.3 is 0 Å². The lowest BCUT2D eigenvalue weighted by molar-refractivity contribution is -0.116. The molecule has 1 heterocycles. The zero-order valence-electron chi connectivity index (χ0n) is 15.6. The maximum Gasteiger partial charge on any atom is 0.250 e. The molecule has 0 spiro atoms. The van der Waals surface area contributed by atoms with Gasteiger partial charge in [0.1, 0.15) is 5.82 Å². The van der Waals surface area contributed by atoms with Gasteiger partial charge in [0.15, 0.2) is 0 Å². The van der Waals surface area contributed by atoms with Gasteiger partial charge in [0.05, 0.1) is 5.56 Å². The Balaban J connectivity index is 1.56. The summed E-state index contributed by atoms with van der Waals surface area (Å²) >= 11 is 0. The molecular weight excluding hydrogens is 345 g/mol. The molecule has 2 aromatic carbocycles. The molecule has 0 atom stereocenters. The Morgan fingerprint density at radius 2 is 1.78 bits per heavy atom. The molecule has 1 N–H and O–H groups in total. The minimum absolute atomic E-state index is 0.0659. The van der Waals surface area contributed by atoms with Crippen molar-refractivity contribution in [2.24, 2.45) is 0 Å². The summed E-state index contributed by atoms with van der Waals surface area (Å²) in [6, 6.07) is 14.0. The van der Waals surface area contributed by atoms with Gasteiger partial charge in [-0.25, -0.2) is 4.39 Å². The van der Waals surface area contributed by atoms with Gasteiger partial charge < -0.3 is 9.73 Å². The summed E-state index contributed by atoms with van der Waals surface area (Å²) in [7, 11) is 0. The van der Waals surface area contributed by atoms with E-state index in [2.05, 4.69) is 36.3 Å². The summed E-state index contributed by atoms with van der Waals surface area (Å²) in [4.78, 5) is 12.1. The number of rotatable bonds is 5. The van der Waals surface area contributed by atoms with Crippen LogP contribution in [0.25, 0.3) is 11.5 Å². The van der Waals surface area contributed by atoms with Crippen LogP contribution in [0.3, 0.4) is 0 Å². The number of amides is 1. The summed E-state index contributed by atoms with van der Waals surface area (Å²) in [5.41, 5.74) is 2.26. The third-order valence-corrected chi connectivity index (χ3v) is 4.17. The molecule has 0 saturated heterocycles. The molecule has 0 radical (unpaired) electrons. The van der Waals surface area contributed by atoms with E-state index in [-0.39, 0.29) is 35.6 Å². The van der Waals surface area contributed by atoms with Crippen molar-refractivity contribution in [2.75, 3.05) is 5.32 Å². The van der Waals surface area contributed by atoms with Crippen molar-refractivity contribution in [1.29, 1.82) is 0 Å². The van der Waals surface area contributed by atoms with Crippen LogP contribution in [0.1, 0.15) is 38.6 Å². The topological polar surface area (TPSA) is 68.0 Å². The standard InChI is InChI=1S/C21H22FN3O2/c1-21(2,3)14-8-10-15(11-9-14)23-18(26)12-13-19-24-25-20(27-19)16-6-4-5-7-17(16)22/h4-11H,12-13H2,1-3H3,(H,23,26). The van der Waals surface area contributed by atoms with E-state index in [0.29, 0.717) is 5.89 Å². The normalized spacial score (nSPS) is 11.4. The number of anilines is 1. The van der Waals surface area contributed by atoms with Crippen LogP contribution in [0.2, 0.25) is 0 Å². The Morgan fingerprint density at radius 1 is 1.07 bits per heavy atom. The maximum absolute atomic E-state index is 13.8. The quantitative estimate of drug-likeness (QED) is 0.707. The van der Waals surface area contributed by atoms with Crippen LogP contribution in [-0.2, 0) is 16.6 Å². The predicted molar refractivity (Wildman–Crippen MR) is 102 cm³/mol. The molecule has 0 bridgehead atoms. The molecule has 140 valence electrons. The Morgan fingerprint density at radius 3 is 2.44 bits per heavy atom. The Kier molecular flexibility index (Phi) is 5.35. The molecule has 6 heteroatoms. The van der Waals surface area contributed by atoms with E-state index in [0.717, 1.165) is 5.69 Å². The molecule has 0 unspecified atom stereocenters. The smallest absolute Gasteiger partial charge is 0.250 e. The van der Waals surface area contributed by atoms with E-state index < -0.39 is 5.82 Å². The van der Waals surface area contributed by atoms with Crippen LogP contribution in [0.5, 0.6) is 0 Å². The monoisotopic (exact) mass is 367 g/mol. The largest absolute Gasteiger partial charge is 0.421 e. The minimum Gasteiger partial charge on any atom is -0.421 e. The highest BCUT2D eigenvalue weighted by molar-refractivity contribution is 5.90. The first-order valence-electron chi connectivity index (χ1n) is 8.80. The second-order valence-electron chi connectivity index (χ2n) is 7.36. The van der Waals surface area contributed by atoms with Crippen molar-refractivity contribution < 1.29 is 13.6 Å².